The van der Waals surface area contributed by atoms with E-state index >= 15 is 0 Å². The van der Waals surface area contributed by atoms with E-state index in [2.05, 4.69) is 45.9 Å². The first-order chi connectivity index (χ1) is 9.62. The van der Waals surface area contributed by atoms with Crippen LogP contribution in [0.15, 0.2) is 36.0 Å². The van der Waals surface area contributed by atoms with Crippen molar-refractivity contribution in [1.82, 2.24) is 14.5 Å². The second kappa shape index (κ2) is 5.19. The third kappa shape index (κ3) is 2.34. The van der Waals surface area contributed by atoms with E-state index in [1.807, 2.05) is 6.07 Å². The highest BCUT2D eigenvalue weighted by molar-refractivity contribution is 7.10. The molecular formula is C15H16ClN3S. The molecule has 0 saturated carbocycles. The van der Waals surface area contributed by atoms with Crippen LogP contribution in [0.25, 0.3) is 11.0 Å². The predicted octanol–water partition coefficient (Wildman–Crippen LogP) is 4.21. The number of alkyl halides is 1. The van der Waals surface area contributed by atoms with Crippen molar-refractivity contribution in [2.45, 2.75) is 31.7 Å². The van der Waals surface area contributed by atoms with Crippen LogP contribution in [0.1, 0.15) is 24.5 Å². The number of hydrogen-bond donors (Lipinski definition) is 0. The fraction of sp³-hybridized carbons (Fsp3) is 0.333. The van der Waals surface area contributed by atoms with Gasteiger partial charge in [0.2, 0.25) is 0 Å². The van der Waals surface area contributed by atoms with Gasteiger partial charge in [-0.05, 0) is 17.5 Å². The van der Waals surface area contributed by atoms with Gasteiger partial charge in [-0.3, -0.25) is 4.98 Å². The third-order valence-corrected chi connectivity index (χ3v) is 4.97. The van der Waals surface area contributed by atoms with Gasteiger partial charge in [-0.1, -0.05) is 19.9 Å². The number of pyridine rings is 1. The lowest BCUT2D eigenvalue weighted by atomic mass is 9.91. The molecule has 0 bridgehead atoms. The molecule has 3 nitrogen and oxygen atoms in total. The van der Waals surface area contributed by atoms with Gasteiger partial charge < -0.3 is 4.57 Å². The lowest BCUT2D eigenvalue weighted by molar-refractivity contribution is 0.443. The summed E-state index contributed by atoms with van der Waals surface area (Å²) in [5.41, 5.74) is 2.05. The highest BCUT2D eigenvalue weighted by Gasteiger charge is 2.24. The molecule has 0 fully saturated rings. The van der Waals surface area contributed by atoms with Gasteiger partial charge in [0.05, 0.1) is 17.6 Å². The first kappa shape index (κ1) is 13.6. The topological polar surface area (TPSA) is 30.7 Å². The molecule has 20 heavy (non-hydrogen) atoms. The molecule has 0 N–H and O–H groups in total. The molecule has 0 unspecified atom stereocenters. The number of nitrogens with zero attached hydrogens (tertiary/aromatic N) is 3. The monoisotopic (exact) mass is 305 g/mol. The number of hydrogen-bond acceptors (Lipinski definition) is 3. The Labute approximate surface area is 127 Å². The summed E-state index contributed by atoms with van der Waals surface area (Å²) >= 11 is 7.85. The Morgan fingerprint density at radius 3 is 2.90 bits per heavy atom. The van der Waals surface area contributed by atoms with Gasteiger partial charge in [-0.25, -0.2) is 4.98 Å². The molecule has 0 aliphatic heterocycles. The Balaban J connectivity index is 2.06. The minimum Gasteiger partial charge on any atom is -0.326 e. The van der Waals surface area contributed by atoms with Crippen LogP contribution in [0.3, 0.4) is 0 Å². The van der Waals surface area contributed by atoms with Crippen molar-refractivity contribution in [3.8, 4) is 0 Å². The molecule has 0 saturated heterocycles. The first-order valence-corrected chi connectivity index (χ1v) is 7.92. The van der Waals surface area contributed by atoms with Crippen molar-refractivity contribution in [1.29, 1.82) is 0 Å². The van der Waals surface area contributed by atoms with Crippen LogP contribution in [0.5, 0.6) is 0 Å². The summed E-state index contributed by atoms with van der Waals surface area (Å²) in [7, 11) is 0. The molecule has 0 amide bonds. The van der Waals surface area contributed by atoms with E-state index < -0.39 is 0 Å². The quantitative estimate of drug-likeness (QED) is 0.676. The maximum atomic E-state index is 6.06. The van der Waals surface area contributed by atoms with E-state index in [0.717, 1.165) is 23.4 Å². The summed E-state index contributed by atoms with van der Waals surface area (Å²) in [5.74, 6) is 1.31. The zero-order chi connectivity index (χ0) is 14.2. The molecule has 3 rings (SSSR count). The molecule has 3 heterocycles. The molecule has 0 radical (unpaired) electrons. The maximum Gasteiger partial charge on any atom is 0.124 e. The minimum absolute atomic E-state index is 0.0475. The molecule has 0 aliphatic carbocycles. The molecule has 3 aromatic rings. The van der Waals surface area contributed by atoms with Crippen LogP contribution < -0.4 is 0 Å². The van der Waals surface area contributed by atoms with E-state index in [4.69, 9.17) is 11.6 Å². The summed E-state index contributed by atoms with van der Waals surface area (Å²) < 4.78 is 2.21. The zero-order valence-electron chi connectivity index (χ0n) is 11.5. The Hall–Kier alpha value is -1.39. The molecule has 0 atom stereocenters. The average molecular weight is 306 g/mol. The largest absolute Gasteiger partial charge is 0.326 e. The molecule has 5 heteroatoms. The summed E-state index contributed by atoms with van der Waals surface area (Å²) in [5, 5.41) is 2.12. The normalized spacial score (nSPS) is 12.2. The van der Waals surface area contributed by atoms with Gasteiger partial charge in [-0.2, -0.15) is 0 Å². The number of rotatable bonds is 4. The zero-order valence-corrected chi connectivity index (χ0v) is 13.1. The van der Waals surface area contributed by atoms with Crippen LogP contribution in [0.4, 0.5) is 0 Å². The fourth-order valence-electron chi connectivity index (χ4n) is 2.45. The fourth-order valence-corrected chi connectivity index (χ4v) is 3.50. The number of thiophene rings is 1. The average Bonchev–Trinajstić information content (AvgIpc) is 3.07. The second-order valence-corrected chi connectivity index (χ2v) is 6.69. The van der Waals surface area contributed by atoms with Crippen molar-refractivity contribution in [2.75, 3.05) is 0 Å². The van der Waals surface area contributed by atoms with Crippen molar-refractivity contribution >= 4 is 34.0 Å². The third-order valence-electron chi connectivity index (χ3n) is 3.49. The van der Waals surface area contributed by atoms with Gasteiger partial charge in [-0.15, -0.1) is 22.9 Å². The summed E-state index contributed by atoms with van der Waals surface area (Å²) in [6, 6.07) is 6.29. The van der Waals surface area contributed by atoms with E-state index in [9.17, 15) is 0 Å². The number of halogens is 1. The number of aromatic nitrogens is 3. The summed E-state index contributed by atoms with van der Waals surface area (Å²) in [6.07, 6.45) is 3.59. The van der Waals surface area contributed by atoms with Crippen molar-refractivity contribution < 1.29 is 0 Å². The molecular weight excluding hydrogens is 290 g/mol. The van der Waals surface area contributed by atoms with Crippen LogP contribution in [0, 0.1) is 0 Å². The Kier molecular flexibility index (Phi) is 3.52. The van der Waals surface area contributed by atoms with Gasteiger partial charge >= 0.3 is 0 Å². The van der Waals surface area contributed by atoms with Crippen LogP contribution in [-0.2, 0) is 17.8 Å². The molecule has 104 valence electrons. The highest BCUT2D eigenvalue weighted by atomic mass is 35.5. The molecule has 0 spiro atoms. The standard InChI is InChI=1S/C15H16ClN3S/c1-15(2,13-4-3-7-20-13)10-19-12-5-6-17-9-11(12)18-14(19)8-16/h3-7,9H,8,10H2,1-2H3. The van der Waals surface area contributed by atoms with E-state index in [1.165, 1.54) is 4.88 Å². The highest BCUT2D eigenvalue weighted by Crippen LogP contribution is 2.31. The predicted molar refractivity (Wildman–Crippen MR) is 84.4 cm³/mol. The SMILES string of the molecule is CC(C)(Cn1c(CCl)nc2cnccc21)c1cccs1. The van der Waals surface area contributed by atoms with Crippen LogP contribution in [-0.4, -0.2) is 14.5 Å². The lowest BCUT2D eigenvalue weighted by Gasteiger charge is -2.25. The Morgan fingerprint density at radius 2 is 2.20 bits per heavy atom. The molecule has 0 aliphatic rings. The van der Waals surface area contributed by atoms with Crippen molar-refractivity contribution in [3.05, 3.63) is 46.7 Å². The summed E-state index contributed by atoms with van der Waals surface area (Å²) in [6.45, 7) is 5.36. The number of fused-ring (bicyclic) bond motifs is 1. The van der Waals surface area contributed by atoms with E-state index in [1.54, 1.807) is 23.7 Å². The van der Waals surface area contributed by atoms with Crippen molar-refractivity contribution in [2.24, 2.45) is 0 Å². The van der Waals surface area contributed by atoms with E-state index in [-0.39, 0.29) is 5.41 Å². The van der Waals surface area contributed by atoms with Crippen LogP contribution in [0.2, 0.25) is 0 Å². The first-order valence-electron chi connectivity index (χ1n) is 6.51. The van der Waals surface area contributed by atoms with Crippen LogP contribution >= 0.6 is 22.9 Å². The van der Waals surface area contributed by atoms with Gasteiger partial charge in [0.15, 0.2) is 0 Å². The lowest BCUT2D eigenvalue weighted by Crippen LogP contribution is -2.24. The van der Waals surface area contributed by atoms with E-state index in [0.29, 0.717) is 5.88 Å². The smallest absolute Gasteiger partial charge is 0.124 e. The molecule has 3 aromatic heterocycles. The van der Waals surface area contributed by atoms with Gasteiger partial charge in [0.25, 0.3) is 0 Å². The van der Waals surface area contributed by atoms with Crippen molar-refractivity contribution in [3.63, 3.8) is 0 Å². The minimum atomic E-state index is 0.0475. The Bertz CT molecular complexity index is 716. The molecule has 0 aromatic carbocycles. The van der Waals surface area contributed by atoms with Gasteiger partial charge in [0.1, 0.15) is 11.3 Å². The second-order valence-electron chi connectivity index (χ2n) is 5.47. The maximum absolute atomic E-state index is 6.06. The summed E-state index contributed by atoms with van der Waals surface area (Å²) in [4.78, 5) is 10.1. The number of imidazole rings is 1. The Morgan fingerprint density at radius 1 is 1.35 bits per heavy atom. The van der Waals surface area contributed by atoms with Gasteiger partial charge in [0, 0.05) is 23.0 Å².